The predicted molar refractivity (Wildman–Crippen MR) is 72.6 cm³/mol. The van der Waals surface area contributed by atoms with E-state index in [-0.39, 0.29) is 0 Å². The standard InChI is InChI=1S/C14H11N3S/c1-10-7-9-16-14(17-10)18-12-6-2-4-11-5-3-8-15-13(11)12/h2-9H,1H3. The molecule has 88 valence electrons. The molecule has 3 rings (SSSR count). The van der Waals surface area contributed by atoms with Crippen molar-refractivity contribution in [2.24, 2.45) is 0 Å². The van der Waals surface area contributed by atoms with Gasteiger partial charge in [-0.2, -0.15) is 0 Å². The van der Waals surface area contributed by atoms with Gasteiger partial charge in [-0.1, -0.05) is 18.2 Å². The minimum atomic E-state index is 0.758. The first-order valence-electron chi connectivity index (χ1n) is 5.64. The lowest BCUT2D eigenvalue weighted by Gasteiger charge is -2.04. The Bertz CT molecular complexity index is 692. The molecule has 0 spiro atoms. The van der Waals surface area contributed by atoms with Gasteiger partial charge < -0.3 is 0 Å². The van der Waals surface area contributed by atoms with Gasteiger partial charge in [0.1, 0.15) is 0 Å². The molecule has 0 bridgehead atoms. The molecule has 2 aromatic heterocycles. The van der Waals surface area contributed by atoms with Gasteiger partial charge in [-0.3, -0.25) is 4.98 Å². The Kier molecular flexibility index (Phi) is 2.94. The summed E-state index contributed by atoms with van der Waals surface area (Å²) < 4.78 is 0. The van der Waals surface area contributed by atoms with Crippen LogP contribution in [0.4, 0.5) is 0 Å². The molecular weight excluding hydrogens is 242 g/mol. The molecule has 0 atom stereocenters. The maximum absolute atomic E-state index is 4.42. The van der Waals surface area contributed by atoms with Crippen LogP contribution in [0.15, 0.2) is 58.8 Å². The van der Waals surface area contributed by atoms with E-state index in [1.54, 1.807) is 18.0 Å². The van der Waals surface area contributed by atoms with Gasteiger partial charge in [0, 0.05) is 28.4 Å². The Morgan fingerprint density at radius 3 is 2.72 bits per heavy atom. The highest BCUT2D eigenvalue weighted by molar-refractivity contribution is 7.99. The van der Waals surface area contributed by atoms with E-state index in [1.807, 2.05) is 37.4 Å². The minimum absolute atomic E-state index is 0.758. The highest BCUT2D eigenvalue weighted by Gasteiger charge is 2.05. The van der Waals surface area contributed by atoms with Crippen molar-refractivity contribution in [1.29, 1.82) is 0 Å². The Morgan fingerprint density at radius 2 is 1.83 bits per heavy atom. The third-order valence-corrected chi connectivity index (χ3v) is 3.50. The lowest BCUT2D eigenvalue weighted by molar-refractivity contribution is 0.932. The van der Waals surface area contributed by atoms with E-state index in [0.717, 1.165) is 26.6 Å². The van der Waals surface area contributed by atoms with Crippen LogP contribution in [0.25, 0.3) is 10.9 Å². The summed E-state index contributed by atoms with van der Waals surface area (Å²) in [6, 6.07) is 12.0. The molecule has 0 aliphatic rings. The quantitative estimate of drug-likeness (QED) is 0.655. The fourth-order valence-electron chi connectivity index (χ4n) is 1.73. The molecule has 0 fully saturated rings. The molecule has 0 saturated carbocycles. The lowest BCUT2D eigenvalue weighted by atomic mass is 10.2. The van der Waals surface area contributed by atoms with Crippen molar-refractivity contribution in [2.45, 2.75) is 17.0 Å². The monoisotopic (exact) mass is 253 g/mol. The van der Waals surface area contributed by atoms with Crippen molar-refractivity contribution in [3.05, 3.63) is 54.5 Å². The van der Waals surface area contributed by atoms with Gasteiger partial charge in [0.15, 0.2) is 5.16 Å². The summed E-state index contributed by atoms with van der Waals surface area (Å²) >= 11 is 1.55. The Hall–Kier alpha value is -1.94. The Morgan fingerprint density at radius 1 is 0.944 bits per heavy atom. The third-order valence-electron chi connectivity index (χ3n) is 2.57. The van der Waals surface area contributed by atoms with Crippen molar-refractivity contribution >= 4 is 22.7 Å². The number of aryl methyl sites for hydroxylation is 1. The summed E-state index contributed by atoms with van der Waals surface area (Å²) in [7, 11) is 0. The van der Waals surface area contributed by atoms with E-state index in [1.165, 1.54) is 0 Å². The van der Waals surface area contributed by atoms with Gasteiger partial charge in [-0.15, -0.1) is 0 Å². The molecule has 0 aliphatic heterocycles. The Balaban J connectivity index is 2.05. The predicted octanol–water partition coefficient (Wildman–Crippen LogP) is 3.48. The maximum Gasteiger partial charge on any atom is 0.192 e. The van der Waals surface area contributed by atoms with E-state index in [9.17, 15) is 0 Å². The van der Waals surface area contributed by atoms with Crippen LogP contribution in [0.5, 0.6) is 0 Å². The van der Waals surface area contributed by atoms with Gasteiger partial charge in [0.2, 0.25) is 0 Å². The number of rotatable bonds is 2. The molecule has 3 aromatic rings. The molecule has 4 heteroatoms. The van der Waals surface area contributed by atoms with Gasteiger partial charge >= 0.3 is 0 Å². The number of hydrogen-bond donors (Lipinski definition) is 0. The van der Waals surface area contributed by atoms with Gasteiger partial charge in [0.05, 0.1) is 5.52 Å². The highest BCUT2D eigenvalue weighted by atomic mass is 32.2. The van der Waals surface area contributed by atoms with Gasteiger partial charge in [-0.25, -0.2) is 9.97 Å². The molecule has 0 aliphatic carbocycles. The van der Waals surface area contributed by atoms with Crippen LogP contribution in [0, 0.1) is 6.92 Å². The molecule has 3 nitrogen and oxygen atoms in total. The average Bonchev–Trinajstić information content (AvgIpc) is 2.39. The molecule has 0 saturated heterocycles. The van der Waals surface area contributed by atoms with Crippen LogP contribution in [0.2, 0.25) is 0 Å². The van der Waals surface area contributed by atoms with E-state index in [2.05, 4.69) is 27.1 Å². The first-order chi connectivity index (χ1) is 8.83. The first kappa shape index (κ1) is 11.2. The number of pyridine rings is 1. The van der Waals surface area contributed by atoms with Crippen molar-refractivity contribution < 1.29 is 0 Å². The van der Waals surface area contributed by atoms with Gasteiger partial charge in [0.25, 0.3) is 0 Å². The first-order valence-corrected chi connectivity index (χ1v) is 6.46. The zero-order valence-corrected chi connectivity index (χ0v) is 10.7. The SMILES string of the molecule is Cc1ccnc(Sc2cccc3cccnc23)n1. The van der Waals surface area contributed by atoms with Crippen LogP contribution in [-0.2, 0) is 0 Å². The van der Waals surface area contributed by atoms with E-state index < -0.39 is 0 Å². The molecular formula is C14H11N3S. The van der Waals surface area contributed by atoms with Crippen LogP contribution in [0.3, 0.4) is 0 Å². The largest absolute Gasteiger partial charge is 0.255 e. The zero-order valence-electron chi connectivity index (χ0n) is 9.87. The smallest absolute Gasteiger partial charge is 0.192 e. The molecule has 0 unspecified atom stereocenters. The summed E-state index contributed by atoms with van der Waals surface area (Å²) in [6.45, 7) is 1.97. The van der Waals surface area contributed by atoms with E-state index >= 15 is 0 Å². The number of para-hydroxylation sites is 1. The van der Waals surface area contributed by atoms with Crippen LogP contribution < -0.4 is 0 Å². The topological polar surface area (TPSA) is 38.7 Å². The number of aromatic nitrogens is 3. The second-order valence-electron chi connectivity index (χ2n) is 3.91. The maximum atomic E-state index is 4.42. The summed E-state index contributed by atoms with van der Waals surface area (Å²) in [6.07, 6.45) is 3.59. The fourth-order valence-corrected chi connectivity index (χ4v) is 2.65. The second-order valence-corrected chi connectivity index (χ2v) is 4.92. The molecule has 18 heavy (non-hydrogen) atoms. The summed E-state index contributed by atoms with van der Waals surface area (Å²) in [5, 5.41) is 1.89. The molecule has 0 N–H and O–H groups in total. The summed E-state index contributed by atoms with van der Waals surface area (Å²) in [5.41, 5.74) is 1.97. The van der Waals surface area contributed by atoms with Crippen molar-refractivity contribution in [2.75, 3.05) is 0 Å². The normalized spacial score (nSPS) is 10.7. The summed E-state index contributed by atoms with van der Waals surface area (Å²) in [5.74, 6) is 0. The lowest BCUT2D eigenvalue weighted by Crippen LogP contribution is -1.89. The van der Waals surface area contributed by atoms with Crippen LogP contribution in [0.1, 0.15) is 5.69 Å². The number of hydrogen-bond acceptors (Lipinski definition) is 4. The molecule has 2 heterocycles. The minimum Gasteiger partial charge on any atom is -0.255 e. The third kappa shape index (κ3) is 2.19. The highest BCUT2D eigenvalue weighted by Crippen LogP contribution is 2.30. The van der Waals surface area contributed by atoms with Crippen molar-refractivity contribution in [3.63, 3.8) is 0 Å². The van der Waals surface area contributed by atoms with E-state index in [0.29, 0.717) is 0 Å². The fraction of sp³-hybridized carbons (Fsp3) is 0.0714. The number of fused-ring (bicyclic) bond motifs is 1. The Labute approximate surface area is 109 Å². The molecule has 0 amide bonds. The van der Waals surface area contributed by atoms with E-state index in [4.69, 9.17) is 0 Å². The van der Waals surface area contributed by atoms with Gasteiger partial charge in [-0.05, 0) is 36.9 Å². The van der Waals surface area contributed by atoms with Crippen molar-refractivity contribution in [3.8, 4) is 0 Å². The summed E-state index contributed by atoms with van der Waals surface area (Å²) in [4.78, 5) is 14.2. The van der Waals surface area contributed by atoms with Crippen LogP contribution >= 0.6 is 11.8 Å². The molecule has 1 aromatic carbocycles. The van der Waals surface area contributed by atoms with Crippen LogP contribution in [-0.4, -0.2) is 15.0 Å². The zero-order chi connectivity index (χ0) is 12.4. The average molecular weight is 253 g/mol. The van der Waals surface area contributed by atoms with Crippen molar-refractivity contribution in [1.82, 2.24) is 15.0 Å². The molecule has 0 radical (unpaired) electrons. The second kappa shape index (κ2) is 4.74. The number of nitrogens with zero attached hydrogens (tertiary/aromatic N) is 3. The number of benzene rings is 1.